The van der Waals surface area contributed by atoms with E-state index in [0.29, 0.717) is 12.8 Å². The van der Waals surface area contributed by atoms with Crippen molar-refractivity contribution in [1.29, 1.82) is 0 Å². The fourth-order valence-corrected chi connectivity index (χ4v) is 0.766. The van der Waals surface area contributed by atoms with Crippen molar-refractivity contribution in [3.63, 3.8) is 0 Å². The van der Waals surface area contributed by atoms with Crippen molar-refractivity contribution in [3.05, 3.63) is 23.3 Å². The van der Waals surface area contributed by atoms with Gasteiger partial charge >= 0.3 is 0 Å². The first kappa shape index (κ1) is 12.4. The van der Waals surface area contributed by atoms with Crippen LogP contribution in [-0.4, -0.2) is 11.9 Å². The van der Waals surface area contributed by atoms with E-state index in [-0.39, 0.29) is 11.1 Å². The van der Waals surface area contributed by atoms with Crippen LogP contribution in [0.15, 0.2) is 23.3 Å². The van der Waals surface area contributed by atoms with E-state index in [1.54, 1.807) is 0 Å². The number of carboxylic acids is 2. The molecular formula is C10H12O4-2. The molecule has 4 heteroatoms. The SMILES string of the molecule is C/C(=C\CC/C=C(\C)C(=O)[O-])C(=O)[O-]. The molecule has 0 aliphatic carbocycles. The minimum atomic E-state index is -1.20. The first-order valence-electron chi connectivity index (χ1n) is 4.21. The standard InChI is InChI=1S/C10H14O4/c1-7(9(11)12)5-3-4-6-8(2)10(13)14/h5-6H,3-4H2,1-2H3,(H,11,12)(H,13,14)/p-2/b7-5+,8-6+. The highest BCUT2D eigenvalue weighted by Gasteiger charge is 1.90. The lowest BCUT2D eigenvalue weighted by atomic mass is 10.1. The van der Waals surface area contributed by atoms with Gasteiger partial charge in [-0.25, -0.2) is 0 Å². The van der Waals surface area contributed by atoms with E-state index in [1.165, 1.54) is 26.0 Å². The molecule has 0 unspecified atom stereocenters. The Balaban J connectivity index is 3.98. The van der Waals surface area contributed by atoms with E-state index in [2.05, 4.69) is 0 Å². The number of unbranched alkanes of at least 4 members (excludes halogenated alkanes) is 1. The lowest BCUT2D eigenvalue weighted by Crippen LogP contribution is -2.23. The normalized spacial score (nSPS) is 12.7. The summed E-state index contributed by atoms with van der Waals surface area (Å²) >= 11 is 0. The smallest absolute Gasteiger partial charge is 0.0668 e. The van der Waals surface area contributed by atoms with Crippen LogP contribution < -0.4 is 10.2 Å². The Hall–Kier alpha value is -1.58. The number of rotatable bonds is 5. The van der Waals surface area contributed by atoms with Crippen LogP contribution >= 0.6 is 0 Å². The molecule has 0 rings (SSSR count). The van der Waals surface area contributed by atoms with Crippen LogP contribution in [0.1, 0.15) is 26.7 Å². The summed E-state index contributed by atoms with van der Waals surface area (Å²) in [6.45, 7) is 2.87. The van der Waals surface area contributed by atoms with Gasteiger partial charge in [0.05, 0.1) is 11.9 Å². The predicted octanol–water partition coefficient (Wildman–Crippen LogP) is -0.841. The summed E-state index contributed by atoms with van der Waals surface area (Å²) in [6.07, 6.45) is 3.94. The number of allylic oxidation sites excluding steroid dienone is 2. The van der Waals surface area contributed by atoms with Gasteiger partial charge < -0.3 is 19.8 Å². The zero-order valence-corrected chi connectivity index (χ0v) is 8.20. The summed E-state index contributed by atoms with van der Waals surface area (Å²) in [4.78, 5) is 20.5. The van der Waals surface area contributed by atoms with E-state index in [4.69, 9.17) is 0 Å². The molecule has 0 aromatic carbocycles. The summed E-state index contributed by atoms with van der Waals surface area (Å²) in [5.41, 5.74) is 0.314. The Labute approximate surface area is 82.6 Å². The van der Waals surface area contributed by atoms with Crippen molar-refractivity contribution in [2.75, 3.05) is 0 Å². The quantitative estimate of drug-likeness (QED) is 0.424. The van der Waals surface area contributed by atoms with Gasteiger partial charge in [0.2, 0.25) is 0 Å². The van der Waals surface area contributed by atoms with Crippen LogP contribution in [-0.2, 0) is 9.59 Å². The summed E-state index contributed by atoms with van der Waals surface area (Å²) < 4.78 is 0. The maximum atomic E-state index is 10.2. The number of carbonyl (C=O) groups excluding carboxylic acids is 2. The zero-order chi connectivity index (χ0) is 11.1. The molecule has 0 saturated carbocycles. The van der Waals surface area contributed by atoms with Crippen LogP contribution in [0.25, 0.3) is 0 Å². The monoisotopic (exact) mass is 196 g/mol. The van der Waals surface area contributed by atoms with Gasteiger partial charge in [-0.3, -0.25) is 0 Å². The summed E-state index contributed by atoms with van der Waals surface area (Å²) in [7, 11) is 0. The largest absolute Gasteiger partial charge is 0.545 e. The van der Waals surface area contributed by atoms with Gasteiger partial charge in [0.1, 0.15) is 0 Å². The van der Waals surface area contributed by atoms with E-state index in [0.717, 1.165) is 0 Å². The van der Waals surface area contributed by atoms with Crippen molar-refractivity contribution in [2.24, 2.45) is 0 Å². The van der Waals surface area contributed by atoms with E-state index < -0.39 is 11.9 Å². The molecule has 0 fully saturated rings. The minimum Gasteiger partial charge on any atom is -0.545 e. The van der Waals surface area contributed by atoms with Crippen molar-refractivity contribution in [3.8, 4) is 0 Å². The first-order chi connectivity index (χ1) is 6.45. The van der Waals surface area contributed by atoms with Gasteiger partial charge in [-0.2, -0.15) is 0 Å². The third-order valence-electron chi connectivity index (χ3n) is 1.71. The van der Waals surface area contributed by atoms with Crippen molar-refractivity contribution in [1.82, 2.24) is 0 Å². The maximum Gasteiger partial charge on any atom is 0.0668 e. The maximum absolute atomic E-state index is 10.2. The number of carboxylic acid groups (broad SMARTS) is 2. The molecule has 0 heterocycles. The molecule has 0 aliphatic heterocycles. The van der Waals surface area contributed by atoms with Crippen LogP contribution in [0.3, 0.4) is 0 Å². The highest BCUT2D eigenvalue weighted by molar-refractivity contribution is 5.84. The fourth-order valence-electron chi connectivity index (χ4n) is 0.766. The van der Waals surface area contributed by atoms with Gasteiger partial charge in [0, 0.05) is 0 Å². The summed E-state index contributed by atoms with van der Waals surface area (Å²) in [6, 6.07) is 0. The number of hydrogen-bond acceptors (Lipinski definition) is 4. The number of carbonyl (C=O) groups is 2. The molecule has 14 heavy (non-hydrogen) atoms. The summed E-state index contributed by atoms with van der Waals surface area (Å²) in [5, 5.41) is 20.5. The molecule has 0 bridgehead atoms. The first-order valence-corrected chi connectivity index (χ1v) is 4.21. The van der Waals surface area contributed by atoms with E-state index >= 15 is 0 Å². The Morgan fingerprint density at radius 2 is 1.21 bits per heavy atom. The van der Waals surface area contributed by atoms with Crippen LogP contribution in [0, 0.1) is 0 Å². The molecule has 0 atom stereocenters. The Morgan fingerprint density at radius 1 is 0.929 bits per heavy atom. The third kappa shape index (κ3) is 5.13. The second-order valence-electron chi connectivity index (χ2n) is 2.93. The van der Waals surface area contributed by atoms with Crippen LogP contribution in [0.4, 0.5) is 0 Å². The molecule has 0 spiro atoms. The highest BCUT2D eigenvalue weighted by atomic mass is 16.4. The number of aliphatic carboxylic acids is 2. The second-order valence-corrected chi connectivity index (χ2v) is 2.93. The molecule has 0 amide bonds. The Kier molecular flexibility index (Phi) is 5.29. The van der Waals surface area contributed by atoms with Crippen LogP contribution in [0.5, 0.6) is 0 Å². The Bertz CT molecular complexity index is 256. The third-order valence-corrected chi connectivity index (χ3v) is 1.71. The van der Waals surface area contributed by atoms with Crippen molar-refractivity contribution in [2.45, 2.75) is 26.7 Å². The lowest BCUT2D eigenvalue weighted by Gasteiger charge is -2.02. The molecular weight excluding hydrogens is 184 g/mol. The van der Waals surface area contributed by atoms with Crippen LogP contribution in [0.2, 0.25) is 0 Å². The second kappa shape index (κ2) is 5.96. The molecule has 0 aromatic heterocycles. The molecule has 0 saturated heterocycles. The topological polar surface area (TPSA) is 80.3 Å². The van der Waals surface area contributed by atoms with E-state index in [1.807, 2.05) is 0 Å². The minimum absolute atomic E-state index is 0.157. The summed E-state index contributed by atoms with van der Waals surface area (Å²) in [5.74, 6) is -2.41. The molecule has 78 valence electrons. The van der Waals surface area contributed by atoms with Gasteiger partial charge in [0.15, 0.2) is 0 Å². The highest BCUT2D eigenvalue weighted by Crippen LogP contribution is 2.01. The average molecular weight is 196 g/mol. The van der Waals surface area contributed by atoms with Crippen molar-refractivity contribution < 1.29 is 19.8 Å². The van der Waals surface area contributed by atoms with Gasteiger partial charge in [-0.05, 0) is 37.8 Å². The molecule has 0 radical (unpaired) electrons. The van der Waals surface area contributed by atoms with Crippen molar-refractivity contribution >= 4 is 11.9 Å². The molecule has 4 nitrogen and oxygen atoms in total. The lowest BCUT2D eigenvalue weighted by molar-refractivity contribution is -0.300. The van der Waals surface area contributed by atoms with E-state index in [9.17, 15) is 19.8 Å². The van der Waals surface area contributed by atoms with Gasteiger partial charge in [0.25, 0.3) is 0 Å². The molecule has 0 aromatic rings. The fraction of sp³-hybridized carbons (Fsp3) is 0.400. The zero-order valence-electron chi connectivity index (χ0n) is 8.20. The molecule has 0 aliphatic rings. The number of hydrogen-bond donors (Lipinski definition) is 0. The predicted molar refractivity (Wildman–Crippen MR) is 46.8 cm³/mol. The van der Waals surface area contributed by atoms with Gasteiger partial charge in [-0.1, -0.05) is 12.2 Å². The Morgan fingerprint density at radius 3 is 1.43 bits per heavy atom. The molecule has 0 N–H and O–H groups in total. The average Bonchev–Trinajstić information content (AvgIpc) is 2.11. The van der Waals surface area contributed by atoms with Gasteiger partial charge in [-0.15, -0.1) is 0 Å².